The third kappa shape index (κ3) is 4.94. The first-order valence-corrected chi connectivity index (χ1v) is 12.9. The zero-order valence-corrected chi connectivity index (χ0v) is 21.0. The van der Waals surface area contributed by atoms with Crippen LogP contribution in [-0.4, -0.2) is 11.1 Å². The van der Waals surface area contributed by atoms with Gasteiger partial charge in [0.25, 0.3) is 5.91 Å². The van der Waals surface area contributed by atoms with E-state index in [1.165, 1.54) is 21.9 Å². The quantitative estimate of drug-likeness (QED) is 0.274. The highest BCUT2D eigenvalue weighted by molar-refractivity contribution is 8.13. The minimum absolute atomic E-state index is 0.0952. The van der Waals surface area contributed by atoms with Crippen molar-refractivity contribution in [2.45, 2.75) is 32.4 Å². The molecule has 35 heavy (non-hydrogen) atoms. The van der Waals surface area contributed by atoms with Gasteiger partial charge >= 0.3 is 0 Å². The molecule has 3 nitrogen and oxygen atoms in total. The van der Waals surface area contributed by atoms with Gasteiger partial charge in [-0.2, -0.15) is 0 Å². The number of rotatable bonds is 5. The van der Waals surface area contributed by atoms with Gasteiger partial charge in [-0.25, -0.2) is 4.99 Å². The van der Waals surface area contributed by atoms with E-state index in [1.54, 1.807) is 16.7 Å². The molecular weight excluding hydrogens is 448 g/mol. The van der Waals surface area contributed by atoms with E-state index in [-0.39, 0.29) is 5.91 Å². The maximum Gasteiger partial charge on any atom is 0.283 e. The second-order valence-electron chi connectivity index (χ2n) is 9.15. The Balaban J connectivity index is 1.48. The van der Waals surface area contributed by atoms with Crippen molar-refractivity contribution in [3.8, 4) is 0 Å². The summed E-state index contributed by atoms with van der Waals surface area (Å²) in [5, 5.41) is 3.16. The highest BCUT2D eigenvalue weighted by Crippen LogP contribution is 2.32. The zero-order chi connectivity index (χ0) is 24.4. The van der Waals surface area contributed by atoms with E-state index < -0.39 is 0 Å². The predicted octanol–water partition coefficient (Wildman–Crippen LogP) is 7.95. The summed E-state index contributed by atoms with van der Waals surface area (Å²) in [6.45, 7) is 6.40. The van der Waals surface area contributed by atoms with Crippen LogP contribution in [0.1, 0.15) is 42.0 Å². The van der Waals surface area contributed by atoms with Gasteiger partial charge in [0, 0.05) is 5.75 Å². The third-order valence-electron chi connectivity index (χ3n) is 6.26. The van der Waals surface area contributed by atoms with Gasteiger partial charge in [0.05, 0.1) is 5.69 Å². The standard InChI is InChI=1S/C31H28N2OS/c1-21(2)24-15-13-23(14-16-24)19-29-30(34)33(27-17-11-22(3)12-18-27)31(32-29)35-20-26-9-6-8-25-7-4-5-10-28(25)26/h4-19,21H,20H2,1-3H3. The van der Waals surface area contributed by atoms with E-state index in [0.29, 0.717) is 16.8 Å². The predicted molar refractivity (Wildman–Crippen MR) is 150 cm³/mol. The number of anilines is 1. The van der Waals surface area contributed by atoms with Gasteiger partial charge in [0.1, 0.15) is 5.70 Å². The minimum atomic E-state index is -0.0952. The maximum atomic E-state index is 13.5. The fourth-order valence-electron chi connectivity index (χ4n) is 4.21. The summed E-state index contributed by atoms with van der Waals surface area (Å²) in [4.78, 5) is 20.1. The molecule has 1 amide bonds. The number of aliphatic imine (C=N–C) groups is 1. The van der Waals surface area contributed by atoms with Gasteiger partial charge < -0.3 is 0 Å². The Morgan fingerprint density at radius 2 is 1.60 bits per heavy atom. The van der Waals surface area contributed by atoms with E-state index >= 15 is 0 Å². The lowest BCUT2D eigenvalue weighted by atomic mass is 10.0. The Bertz CT molecular complexity index is 1430. The summed E-state index contributed by atoms with van der Waals surface area (Å²) in [6.07, 6.45) is 1.89. The summed E-state index contributed by atoms with van der Waals surface area (Å²) in [6, 6.07) is 31.2. The second kappa shape index (κ2) is 9.93. The summed E-state index contributed by atoms with van der Waals surface area (Å²) in [7, 11) is 0. The molecule has 174 valence electrons. The van der Waals surface area contributed by atoms with Crippen LogP contribution in [0.5, 0.6) is 0 Å². The van der Waals surface area contributed by atoms with E-state index in [4.69, 9.17) is 4.99 Å². The molecule has 0 saturated carbocycles. The molecule has 0 aromatic heterocycles. The van der Waals surface area contributed by atoms with E-state index in [1.807, 2.05) is 37.3 Å². The highest BCUT2D eigenvalue weighted by atomic mass is 32.2. The zero-order valence-electron chi connectivity index (χ0n) is 20.2. The largest absolute Gasteiger partial charge is 0.283 e. The lowest BCUT2D eigenvalue weighted by Crippen LogP contribution is -2.30. The lowest BCUT2D eigenvalue weighted by molar-refractivity contribution is -0.113. The van der Waals surface area contributed by atoms with Crippen molar-refractivity contribution in [3.63, 3.8) is 0 Å². The molecule has 5 rings (SSSR count). The number of nitrogens with zero attached hydrogens (tertiary/aromatic N) is 2. The van der Waals surface area contributed by atoms with Crippen LogP contribution in [0.4, 0.5) is 5.69 Å². The van der Waals surface area contributed by atoms with Crippen LogP contribution in [0.2, 0.25) is 0 Å². The molecule has 0 aliphatic carbocycles. The van der Waals surface area contributed by atoms with Crippen LogP contribution in [0.15, 0.2) is 102 Å². The first-order chi connectivity index (χ1) is 17.0. The van der Waals surface area contributed by atoms with Crippen LogP contribution in [0, 0.1) is 6.92 Å². The van der Waals surface area contributed by atoms with E-state index in [0.717, 1.165) is 22.6 Å². The van der Waals surface area contributed by atoms with E-state index in [2.05, 4.69) is 80.6 Å². The number of aryl methyl sites for hydroxylation is 1. The first kappa shape index (κ1) is 23.1. The van der Waals surface area contributed by atoms with Crippen LogP contribution < -0.4 is 4.90 Å². The highest BCUT2D eigenvalue weighted by Gasteiger charge is 2.32. The van der Waals surface area contributed by atoms with Crippen LogP contribution in [-0.2, 0) is 10.5 Å². The van der Waals surface area contributed by atoms with Crippen molar-refractivity contribution in [1.82, 2.24) is 0 Å². The molecule has 0 saturated heterocycles. The van der Waals surface area contributed by atoms with Gasteiger partial charge in [-0.15, -0.1) is 0 Å². The van der Waals surface area contributed by atoms with Gasteiger partial charge in [0.2, 0.25) is 0 Å². The lowest BCUT2D eigenvalue weighted by Gasteiger charge is -2.18. The molecule has 0 atom stereocenters. The number of amidine groups is 1. The summed E-state index contributed by atoms with van der Waals surface area (Å²) in [5.41, 5.74) is 5.94. The average Bonchev–Trinajstić information content (AvgIpc) is 3.18. The molecular formula is C31H28N2OS. The van der Waals surface area contributed by atoms with Crippen molar-refractivity contribution in [3.05, 3.63) is 119 Å². The number of carbonyl (C=O) groups is 1. The number of amides is 1. The number of hydrogen-bond donors (Lipinski definition) is 0. The Hall–Kier alpha value is -3.63. The normalized spacial score (nSPS) is 14.9. The number of thioether (sulfide) groups is 1. The van der Waals surface area contributed by atoms with Crippen LogP contribution in [0.25, 0.3) is 16.8 Å². The molecule has 0 radical (unpaired) electrons. The molecule has 4 heteroatoms. The molecule has 0 N–H and O–H groups in total. The Kier molecular flexibility index (Phi) is 6.56. The van der Waals surface area contributed by atoms with Gasteiger partial charge in [-0.05, 0) is 58.5 Å². The average molecular weight is 477 g/mol. The smallest absolute Gasteiger partial charge is 0.266 e. The minimum Gasteiger partial charge on any atom is -0.266 e. The molecule has 0 fully saturated rings. The van der Waals surface area contributed by atoms with Crippen molar-refractivity contribution in [1.29, 1.82) is 0 Å². The number of hydrogen-bond acceptors (Lipinski definition) is 3. The summed E-state index contributed by atoms with van der Waals surface area (Å²) in [5.74, 6) is 1.10. The SMILES string of the molecule is Cc1ccc(N2C(=O)C(=Cc3ccc(C(C)C)cc3)N=C2SCc2cccc3ccccc23)cc1. The topological polar surface area (TPSA) is 32.7 Å². The number of fused-ring (bicyclic) bond motifs is 1. The molecule has 1 heterocycles. The fourth-order valence-corrected chi connectivity index (χ4v) is 5.23. The number of carbonyl (C=O) groups excluding carboxylic acids is 1. The van der Waals surface area contributed by atoms with Gasteiger partial charge in [-0.1, -0.05) is 110 Å². The maximum absolute atomic E-state index is 13.5. The van der Waals surface area contributed by atoms with Crippen molar-refractivity contribution in [2.75, 3.05) is 4.90 Å². The summed E-state index contributed by atoms with van der Waals surface area (Å²) < 4.78 is 0. The van der Waals surface area contributed by atoms with Crippen LogP contribution in [0.3, 0.4) is 0 Å². The molecule has 1 aliphatic rings. The fraction of sp³-hybridized carbons (Fsp3) is 0.161. The van der Waals surface area contributed by atoms with E-state index in [9.17, 15) is 4.79 Å². The Morgan fingerprint density at radius 1 is 0.886 bits per heavy atom. The monoisotopic (exact) mass is 476 g/mol. The van der Waals surface area contributed by atoms with Crippen molar-refractivity contribution in [2.24, 2.45) is 4.99 Å². The molecule has 1 aliphatic heterocycles. The Morgan fingerprint density at radius 3 is 2.34 bits per heavy atom. The Labute approximate surface area is 211 Å². The molecule has 4 aromatic carbocycles. The molecule has 4 aromatic rings. The van der Waals surface area contributed by atoms with Gasteiger partial charge in [-0.3, -0.25) is 9.69 Å². The molecule has 0 unspecified atom stereocenters. The van der Waals surface area contributed by atoms with Crippen molar-refractivity contribution >= 4 is 45.4 Å². The molecule has 0 bridgehead atoms. The van der Waals surface area contributed by atoms with Crippen molar-refractivity contribution < 1.29 is 4.79 Å². The number of benzene rings is 4. The van der Waals surface area contributed by atoms with Gasteiger partial charge in [0.15, 0.2) is 5.17 Å². The second-order valence-corrected chi connectivity index (χ2v) is 10.1. The third-order valence-corrected chi connectivity index (χ3v) is 7.25. The molecule has 0 spiro atoms. The van der Waals surface area contributed by atoms with Crippen LogP contribution >= 0.6 is 11.8 Å². The first-order valence-electron chi connectivity index (χ1n) is 11.9. The summed E-state index contributed by atoms with van der Waals surface area (Å²) >= 11 is 1.60.